The Bertz CT molecular complexity index is 528. The fourth-order valence-corrected chi connectivity index (χ4v) is 1.61. The van der Waals surface area contributed by atoms with Crippen LogP contribution in [0, 0.1) is 6.92 Å². The number of aryl methyl sites for hydroxylation is 1. The second-order valence-electron chi connectivity index (χ2n) is 3.29. The summed E-state index contributed by atoms with van der Waals surface area (Å²) < 4.78 is 5.38. The van der Waals surface area contributed by atoms with Gasteiger partial charge in [0, 0.05) is 18.5 Å². The van der Waals surface area contributed by atoms with Gasteiger partial charge in [-0.05, 0) is 19.1 Å². The Labute approximate surface area is 86.5 Å². The number of benzene rings is 1. The Hall–Kier alpha value is -1.97. The maximum atomic E-state index is 11.6. The highest BCUT2D eigenvalue weighted by molar-refractivity contribution is 6.07. The molecule has 78 valence electrons. The van der Waals surface area contributed by atoms with Gasteiger partial charge in [-0.1, -0.05) is 0 Å². The Morgan fingerprint density at radius 3 is 2.87 bits per heavy atom. The van der Waals surface area contributed by atoms with Crippen LogP contribution in [0.3, 0.4) is 0 Å². The van der Waals surface area contributed by atoms with Crippen LogP contribution in [0.25, 0.3) is 11.0 Å². The topological polar surface area (TPSA) is 62.5 Å². The van der Waals surface area contributed by atoms with Crippen molar-refractivity contribution in [3.63, 3.8) is 0 Å². The van der Waals surface area contributed by atoms with Crippen LogP contribution in [0.5, 0.6) is 5.75 Å². The van der Waals surface area contributed by atoms with Crippen LogP contribution in [-0.4, -0.2) is 18.1 Å². The maximum Gasteiger partial charge on any atom is 0.255 e. The van der Waals surface area contributed by atoms with Gasteiger partial charge in [-0.25, -0.2) is 0 Å². The zero-order chi connectivity index (χ0) is 11.0. The molecule has 0 unspecified atom stereocenters. The summed E-state index contributed by atoms with van der Waals surface area (Å²) in [5.41, 5.74) is 1.04. The van der Waals surface area contributed by atoms with Crippen LogP contribution in [0.1, 0.15) is 16.1 Å². The van der Waals surface area contributed by atoms with Crippen molar-refractivity contribution in [3.8, 4) is 5.75 Å². The number of aromatic hydroxyl groups is 1. The van der Waals surface area contributed by atoms with E-state index >= 15 is 0 Å². The average molecular weight is 205 g/mol. The lowest BCUT2D eigenvalue weighted by Gasteiger charge is -1.97. The summed E-state index contributed by atoms with van der Waals surface area (Å²) in [6.07, 6.45) is 0. The van der Waals surface area contributed by atoms with Crippen LogP contribution < -0.4 is 5.32 Å². The van der Waals surface area contributed by atoms with Gasteiger partial charge in [-0.3, -0.25) is 4.79 Å². The van der Waals surface area contributed by atoms with Gasteiger partial charge in [-0.15, -0.1) is 0 Å². The minimum Gasteiger partial charge on any atom is -0.508 e. The highest BCUT2D eigenvalue weighted by atomic mass is 16.3. The van der Waals surface area contributed by atoms with Gasteiger partial charge in [-0.2, -0.15) is 0 Å². The quantitative estimate of drug-likeness (QED) is 0.746. The largest absolute Gasteiger partial charge is 0.508 e. The second kappa shape index (κ2) is 3.31. The number of rotatable bonds is 1. The lowest BCUT2D eigenvalue weighted by Crippen LogP contribution is -2.18. The first kappa shape index (κ1) is 9.58. The van der Waals surface area contributed by atoms with Gasteiger partial charge in [0.2, 0.25) is 0 Å². The standard InChI is InChI=1S/C11H11NO3/c1-6-10(11(14)12-2)8-4-3-7(13)5-9(8)15-6/h3-5,13H,1-2H3,(H,12,14). The molecule has 1 aromatic heterocycles. The van der Waals surface area contributed by atoms with Crippen LogP contribution in [0.4, 0.5) is 0 Å². The van der Waals surface area contributed by atoms with Crippen molar-refractivity contribution in [2.45, 2.75) is 6.92 Å². The second-order valence-corrected chi connectivity index (χ2v) is 3.29. The molecule has 0 spiro atoms. The Balaban J connectivity index is 2.73. The summed E-state index contributed by atoms with van der Waals surface area (Å²) in [6, 6.07) is 4.70. The lowest BCUT2D eigenvalue weighted by atomic mass is 10.1. The predicted molar refractivity (Wildman–Crippen MR) is 56.0 cm³/mol. The van der Waals surface area contributed by atoms with Gasteiger partial charge >= 0.3 is 0 Å². The van der Waals surface area contributed by atoms with E-state index in [0.29, 0.717) is 22.3 Å². The molecule has 4 nitrogen and oxygen atoms in total. The van der Waals surface area contributed by atoms with E-state index in [9.17, 15) is 9.90 Å². The smallest absolute Gasteiger partial charge is 0.255 e. The molecule has 15 heavy (non-hydrogen) atoms. The summed E-state index contributed by atoms with van der Waals surface area (Å²) >= 11 is 0. The zero-order valence-corrected chi connectivity index (χ0v) is 8.50. The molecule has 0 saturated carbocycles. The zero-order valence-electron chi connectivity index (χ0n) is 8.50. The first-order valence-corrected chi connectivity index (χ1v) is 4.57. The molecule has 0 aliphatic rings. The van der Waals surface area contributed by atoms with E-state index in [4.69, 9.17) is 4.42 Å². The van der Waals surface area contributed by atoms with E-state index in [-0.39, 0.29) is 11.7 Å². The van der Waals surface area contributed by atoms with Gasteiger partial charge in [0.1, 0.15) is 17.1 Å². The molecule has 0 aliphatic heterocycles. The fraction of sp³-hybridized carbons (Fsp3) is 0.182. The Morgan fingerprint density at radius 1 is 1.47 bits per heavy atom. The van der Waals surface area contributed by atoms with Crippen LogP contribution in [-0.2, 0) is 0 Å². The van der Waals surface area contributed by atoms with Crippen molar-refractivity contribution in [1.82, 2.24) is 5.32 Å². The highest BCUT2D eigenvalue weighted by Gasteiger charge is 2.16. The van der Waals surface area contributed by atoms with Crippen molar-refractivity contribution >= 4 is 16.9 Å². The minimum absolute atomic E-state index is 0.125. The molecule has 2 N–H and O–H groups in total. The minimum atomic E-state index is -0.183. The SMILES string of the molecule is CNC(=O)c1c(C)oc2cc(O)ccc12. The van der Waals surface area contributed by atoms with E-state index in [1.807, 2.05) is 0 Å². The molecule has 0 fully saturated rings. The molecule has 0 aliphatic carbocycles. The van der Waals surface area contributed by atoms with Crippen molar-refractivity contribution in [3.05, 3.63) is 29.5 Å². The summed E-state index contributed by atoms with van der Waals surface area (Å²) in [7, 11) is 1.57. The Kier molecular flexibility index (Phi) is 2.11. The molecule has 0 radical (unpaired) electrons. The van der Waals surface area contributed by atoms with Gasteiger partial charge in [0.25, 0.3) is 5.91 Å². The molecule has 1 heterocycles. The predicted octanol–water partition coefficient (Wildman–Crippen LogP) is 1.81. The molecule has 0 saturated heterocycles. The monoisotopic (exact) mass is 205 g/mol. The third kappa shape index (κ3) is 1.44. The molecular weight excluding hydrogens is 194 g/mol. The molecule has 1 aromatic carbocycles. The van der Waals surface area contributed by atoms with Crippen LogP contribution in [0.15, 0.2) is 22.6 Å². The number of hydrogen-bond acceptors (Lipinski definition) is 3. The summed E-state index contributed by atoms with van der Waals surface area (Å²) in [5, 5.41) is 12.5. The van der Waals surface area contributed by atoms with Gasteiger partial charge < -0.3 is 14.8 Å². The number of fused-ring (bicyclic) bond motifs is 1. The van der Waals surface area contributed by atoms with Gasteiger partial charge in [0.15, 0.2) is 0 Å². The van der Waals surface area contributed by atoms with E-state index in [1.54, 1.807) is 20.0 Å². The van der Waals surface area contributed by atoms with Crippen molar-refractivity contribution in [2.24, 2.45) is 0 Å². The molecule has 0 atom stereocenters. The third-order valence-electron chi connectivity index (χ3n) is 2.30. The third-order valence-corrected chi connectivity index (χ3v) is 2.30. The van der Waals surface area contributed by atoms with Gasteiger partial charge in [0.05, 0.1) is 5.56 Å². The van der Waals surface area contributed by atoms with Crippen molar-refractivity contribution < 1.29 is 14.3 Å². The highest BCUT2D eigenvalue weighted by Crippen LogP contribution is 2.28. The fourth-order valence-electron chi connectivity index (χ4n) is 1.61. The molecule has 0 bridgehead atoms. The number of amides is 1. The lowest BCUT2D eigenvalue weighted by molar-refractivity contribution is 0.0963. The van der Waals surface area contributed by atoms with Crippen LogP contribution in [0.2, 0.25) is 0 Å². The number of phenols is 1. The van der Waals surface area contributed by atoms with E-state index < -0.39 is 0 Å². The number of hydrogen-bond donors (Lipinski definition) is 2. The van der Waals surface area contributed by atoms with E-state index in [2.05, 4.69) is 5.32 Å². The van der Waals surface area contributed by atoms with E-state index in [1.165, 1.54) is 12.1 Å². The first-order chi connectivity index (χ1) is 7.13. The molecule has 2 aromatic rings. The number of nitrogens with one attached hydrogen (secondary N) is 1. The molecule has 4 heteroatoms. The summed E-state index contributed by atoms with van der Waals surface area (Å²) in [6.45, 7) is 1.72. The molecule has 1 amide bonds. The first-order valence-electron chi connectivity index (χ1n) is 4.57. The molecular formula is C11H11NO3. The average Bonchev–Trinajstić information content (AvgIpc) is 2.52. The van der Waals surface area contributed by atoms with Crippen LogP contribution >= 0.6 is 0 Å². The number of furan rings is 1. The summed E-state index contributed by atoms with van der Waals surface area (Å²) in [4.78, 5) is 11.6. The van der Waals surface area contributed by atoms with Crippen molar-refractivity contribution in [1.29, 1.82) is 0 Å². The Morgan fingerprint density at radius 2 is 2.20 bits per heavy atom. The number of phenolic OH excluding ortho intramolecular Hbond substituents is 1. The van der Waals surface area contributed by atoms with Crippen molar-refractivity contribution in [2.75, 3.05) is 7.05 Å². The maximum absolute atomic E-state index is 11.6. The molecule has 2 rings (SSSR count). The normalized spacial score (nSPS) is 10.5. The number of carbonyl (C=O) groups is 1. The summed E-state index contributed by atoms with van der Waals surface area (Å²) in [5.74, 6) is 0.492. The van der Waals surface area contributed by atoms with E-state index in [0.717, 1.165) is 0 Å². The number of carbonyl (C=O) groups excluding carboxylic acids is 1.